The van der Waals surface area contributed by atoms with Crippen molar-refractivity contribution in [3.05, 3.63) is 58.9 Å². The fourth-order valence-corrected chi connectivity index (χ4v) is 1.96. The molecule has 5 nitrogen and oxygen atoms in total. The van der Waals surface area contributed by atoms with Gasteiger partial charge < -0.3 is 10.6 Å². The Morgan fingerprint density at radius 3 is 2.55 bits per heavy atom. The summed E-state index contributed by atoms with van der Waals surface area (Å²) in [5, 5.41) is 5.80. The van der Waals surface area contributed by atoms with Gasteiger partial charge in [-0.3, -0.25) is 14.6 Å². The van der Waals surface area contributed by atoms with E-state index in [0.29, 0.717) is 16.3 Å². The van der Waals surface area contributed by atoms with Crippen LogP contribution in [0, 0.1) is 0 Å². The number of halogens is 1. The molecule has 1 aromatic carbocycles. The van der Waals surface area contributed by atoms with Gasteiger partial charge in [-0.25, -0.2) is 0 Å². The van der Waals surface area contributed by atoms with Crippen molar-refractivity contribution in [1.29, 1.82) is 0 Å². The Kier molecular flexibility index (Phi) is 5.12. The molecule has 1 heterocycles. The van der Waals surface area contributed by atoms with Gasteiger partial charge in [-0.05, 0) is 44.2 Å². The van der Waals surface area contributed by atoms with Gasteiger partial charge in [-0.15, -0.1) is 0 Å². The highest BCUT2D eigenvalue weighted by molar-refractivity contribution is 6.34. The monoisotopic (exact) mass is 317 g/mol. The Morgan fingerprint density at radius 2 is 1.91 bits per heavy atom. The summed E-state index contributed by atoms with van der Waals surface area (Å²) in [6, 6.07) is 9.78. The van der Waals surface area contributed by atoms with Crippen molar-refractivity contribution in [2.24, 2.45) is 0 Å². The van der Waals surface area contributed by atoms with Crippen molar-refractivity contribution < 1.29 is 9.59 Å². The molecule has 0 spiro atoms. The summed E-state index contributed by atoms with van der Waals surface area (Å²) in [6.45, 7) is 3.75. The highest BCUT2D eigenvalue weighted by Crippen LogP contribution is 2.23. The van der Waals surface area contributed by atoms with Crippen molar-refractivity contribution in [3.63, 3.8) is 0 Å². The molecule has 22 heavy (non-hydrogen) atoms. The first-order valence-corrected chi connectivity index (χ1v) is 7.18. The minimum absolute atomic E-state index is 0.0229. The SMILES string of the molecule is CC(C)NC(=O)c1ccc(Cl)c(NC(=O)c2ccccn2)c1. The largest absolute Gasteiger partial charge is 0.350 e. The van der Waals surface area contributed by atoms with E-state index in [1.54, 1.807) is 36.4 Å². The lowest BCUT2D eigenvalue weighted by Gasteiger charge is -2.11. The van der Waals surface area contributed by atoms with Gasteiger partial charge in [0.1, 0.15) is 5.69 Å². The van der Waals surface area contributed by atoms with Gasteiger partial charge in [0.05, 0.1) is 10.7 Å². The Morgan fingerprint density at radius 1 is 1.14 bits per heavy atom. The van der Waals surface area contributed by atoms with E-state index in [0.717, 1.165) is 0 Å². The van der Waals surface area contributed by atoms with E-state index in [2.05, 4.69) is 15.6 Å². The maximum absolute atomic E-state index is 12.1. The van der Waals surface area contributed by atoms with E-state index in [9.17, 15) is 9.59 Å². The van der Waals surface area contributed by atoms with Crippen LogP contribution in [0.5, 0.6) is 0 Å². The number of aromatic nitrogens is 1. The molecule has 0 bridgehead atoms. The molecule has 0 aliphatic rings. The number of nitrogens with one attached hydrogen (secondary N) is 2. The summed E-state index contributed by atoms with van der Waals surface area (Å²) < 4.78 is 0. The number of benzene rings is 1. The summed E-state index contributed by atoms with van der Waals surface area (Å²) in [5.41, 5.74) is 1.07. The number of rotatable bonds is 4. The fourth-order valence-electron chi connectivity index (χ4n) is 1.79. The summed E-state index contributed by atoms with van der Waals surface area (Å²) in [7, 11) is 0. The quantitative estimate of drug-likeness (QED) is 0.910. The predicted octanol–water partition coefficient (Wildman–Crippen LogP) is 3.13. The molecular formula is C16H16ClN3O2. The Labute approximate surface area is 133 Å². The van der Waals surface area contributed by atoms with Crippen LogP contribution in [0.1, 0.15) is 34.7 Å². The van der Waals surface area contributed by atoms with Gasteiger partial charge in [0, 0.05) is 17.8 Å². The summed E-state index contributed by atoms with van der Waals surface area (Å²) in [6.07, 6.45) is 1.53. The van der Waals surface area contributed by atoms with Crippen molar-refractivity contribution in [2.75, 3.05) is 5.32 Å². The van der Waals surface area contributed by atoms with Gasteiger partial charge in [0.15, 0.2) is 0 Å². The lowest BCUT2D eigenvalue weighted by molar-refractivity contribution is 0.0941. The zero-order chi connectivity index (χ0) is 16.1. The molecule has 0 atom stereocenters. The molecule has 114 valence electrons. The molecule has 2 aromatic rings. The molecule has 0 fully saturated rings. The first-order valence-electron chi connectivity index (χ1n) is 6.80. The van der Waals surface area contributed by atoms with E-state index < -0.39 is 0 Å². The van der Waals surface area contributed by atoms with Crippen LogP contribution in [0.4, 0.5) is 5.69 Å². The first-order chi connectivity index (χ1) is 10.5. The highest BCUT2D eigenvalue weighted by atomic mass is 35.5. The lowest BCUT2D eigenvalue weighted by atomic mass is 10.1. The molecule has 1 aromatic heterocycles. The van der Waals surface area contributed by atoms with E-state index >= 15 is 0 Å². The summed E-state index contributed by atoms with van der Waals surface area (Å²) >= 11 is 6.07. The number of hydrogen-bond donors (Lipinski definition) is 2. The Hall–Kier alpha value is -2.40. The number of amides is 2. The van der Waals surface area contributed by atoms with E-state index in [1.165, 1.54) is 6.20 Å². The van der Waals surface area contributed by atoms with Crippen molar-refractivity contribution in [3.8, 4) is 0 Å². The molecule has 2 N–H and O–H groups in total. The van der Waals surface area contributed by atoms with Crippen molar-refractivity contribution in [1.82, 2.24) is 10.3 Å². The van der Waals surface area contributed by atoms with Crippen LogP contribution in [0.2, 0.25) is 5.02 Å². The van der Waals surface area contributed by atoms with Gasteiger partial charge in [0.25, 0.3) is 11.8 Å². The second-order valence-electron chi connectivity index (χ2n) is 4.99. The van der Waals surface area contributed by atoms with E-state index in [4.69, 9.17) is 11.6 Å². The standard InChI is InChI=1S/C16H16ClN3O2/c1-10(2)19-15(21)11-6-7-12(17)14(9-11)20-16(22)13-5-3-4-8-18-13/h3-10H,1-2H3,(H,19,21)(H,20,22). The Balaban J connectivity index is 2.20. The van der Waals surface area contributed by atoms with Gasteiger partial charge >= 0.3 is 0 Å². The van der Waals surface area contributed by atoms with Crippen molar-refractivity contribution in [2.45, 2.75) is 19.9 Å². The number of hydrogen-bond acceptors (Lipinski definition) is 3. The summed E-state index contributed by atoms with van der Waals surface area (Å²) in [4.78, 5) is 28.1. The second kappa shape index (κ2) is 7.04. The fraction of sp³-hybridized carbons (Fsp3) is 0.188. The highest BCUT2D eigenvalue weighted by Gasteiger charge is 2.13. The molecule has 2 amide bonds. The number of pyridine rings is 1. The zero-order valence-electron chi connectivity index (χ0n) is 12.3. The van der Waals surface area contributed by atoms with Crippen LogP contribution in [0.25, 0.3) is 0 Å². The van der Waals surface area contributed by atoms with Gasteiger partial charge in [0.2, 0.25) is 0 Å². The maximum atomic E-state index is 12.1. The minimum atomic E-state index is -0.385. The third-order valence-corrected chi connectivity index (χ3v) is 3.12. The molecule has 0 saturated heterocycles. The van der Waals surface area contributed by atoms with Crippen LogP contribution >= 0.6 is 11.6 Å². The van der Waals surface area contributed by atoms with E-state index in [-0.39, 0.29) is 23.6 Å². The average Bonchev–Trinajstić information content (AvgIpc) is 2.49. The van der Waals surface area contributed by atoms with Crippen LogP contribution in [0.15, 0.2) is 42.6 Å². The number of carbonyl (C=O) groups excluding carboxylic acids is 2. The Bertz CT molecular complexity index is 687. The summed E-state index contributed by atoms with van der Waals surface area (Å²) in [5.74, 6) is -0.607. The van der Waals surface area contributed by atoms with Crippen LogP contribution in [0.3, 0.4) is 0 Å². The second-order valence-corrected chi connectivity index (χ2v) is 5.40. The molecule has 0 radical (unpaired) electrons. The smallest absolute Gasteiger partial charge is 0.274 e. The third kappa shape index (κ3) is 4.05. The molecule has 2 rings (SSSR count). The average molecular weight is 318 g/mol. The molecule has 0 aliphatic heterocycles. The molecule has 0 unspecified atom stereocenters. The molecule has 0 aliphatic carbocycles. The lowest BCUT2D eigenvalue weighted by Crippen LogP contribution is -2.30. The number of anilines is 1. The maximum Gasteiger partial charge on any atom is 0.274 e. The molecule has 0 saturated carbocycles. The zero-order valence-corrected chi connectivity index (χ0v) is 13.0. The topological polar surface area (TPSA) is 71.1 Å². The van der Waals surface area contributed by atoms with Crippen LogP contribution in [-0.4, -0.2) is 22.8 Å². The number of carbonyl (C=O) groups is 2. The van der Waals surface area contributed by atoms with Gasteiger partial charge in [-0.1, -0.05) is 17.7 Å². The van der Waals surface area contributed by atoms with Crippen molar-refractivity contribution >= 4 is 29.1 Å². The third-order valence-electron chi connectivity index (χ3n) is 2.79. The number of nitrogens with zero attached hydrogens (tertiary/aromatic N) is 1. The van der Waals surface area contributed by atoms with Crippen LogP contribution < -0.4 is 10.6 Å². The molecule has 6 heteroatoms. The first kappa shape index (κ1) is 16.0. The van der Waals surface area contributed by atoms with Gasteiger partial charge in [-0.2, -0.15) is 0 Å². The predicted molar refractivity (Wildman–Crippen MR) is 86.2 cm³/mol. The van der Waals surface area contributed by atoms with E-state index in [1.807, 2.05) is 13.8 Å². The normalized spacial score (nSPS) is 10.4. The minimum Gasteiger partial charge on any atom is -0.350 e. The van der Waals surface area contributed by atoms with Crippen LogP contribution in [-0.2, 0) is 0 Å². The molecular weight excluding hydrogens is 302 g/mol.